The van der Waals surface area contributed by atoms with E-state index < -0.39 is 5.82 Å². The molecule has 0 atom stereocenters. The van der Waals surface area contributed by atoms with Crippen LogP contribution in [0, 0.1) is 5.82 Å². The lowest BCUT2D eigenvalue weighted by Crippen LogP contribution is -2.32. The first-order valence-electron chi connectivity index (χ1n) is 8.42. The van der Waals surface area contributed by atoms with Crippen LogP contribution in [0.4, 0.5) is 15.2 Å². The molecule has 0 spiro atoms. The summed E-state index contributed by atoms with van der Waals surface area (Å²) in [4.78, 5) is 27.7. The Hall–Kier alpha value is -1.43. The number of anilines is 2. The van der Waals surface area contributed by atoms with Crippen LogP contribution in [0.1, 0.15) is 0 Å². The summed E-state index contributed by atoms with van der Waals surface area (Å²) in [7, 11) is 0. The van der Waals surface area contributed by atoms with Crippen LogP contribution in [0.2, 0.25) is 0 Å². The number of fused-ring (bicyclic) bond motifs is 1. The molecule has 6 nitrogen and oxygen atoms in total. The second-order valence-corrected chi connectivity index (χ2v) is 9.97. The second kappa shape index (κ2) is 8.93. The smallest absolute Gasteiger partial charge is 0.234 e. The second-order valence-electron chi connectivity index (χ2n) is 5.89. The van der Waals surface area contributed by atoms with Crippen molar-refractivity contribution < 1.29 is 9.18 Å². The number of nitrogens with one attached hydrogen (secondary N) is 1. The average molecular weight is 500 g/mol. The van der Waals surface area contributed by atoms with E-state index in [4.69, 9.17) is 0 Å². The van der Waals surface area contributed by atoms with Crippen LogP contribution >= 0.6 is 50.8 Å². The number of carbonyl (C=O) groups excluding carboxylic acids is 1. The fourth-order valence-corrected chi connectivity index (χ4v) is 5.80. The number of rotatable bonds is 5. The minimum Gasteiger partial charge on any atom is -0.346 e. The first-order valence-corrected chi connectivity index (χ1v) is 12.2. The van der Waals surface area contributed by atoms with Gasteiger partial charge in [0.2, 0.25) is 5.91 Å². The molecule has 0 bridgehead atoms. The highest BCUT2D eigenvalue weighted by Crippen LogP contribution is 2.34. The van der Waals surface area contributed by atoms with Crippen molar-refractivity contribution in [2.45, 2.75) is 5.03 Å². The van der Waals surface area contributed by atoms with Gasteiger partial charge in [-0.05, 0) is 18.2 Å². The van der Waals surface area contributed by atoms with Gasteiger partial charge in [0.15, 0.2) is 10.8 Å². The largest absolute Gasteiger partial charge is 0.346 e. The van der Waals surface area contributed by atoms with E-state index >= 15 is 0 Å². The molecule has 3 aromatic rings. The Balaban J connectivity index is 1.45. The molecule has 1 aliphatic heterocycles. The van der Waals surface area contributed by atoms with E-state index in [1.165, 1.54) is 30.2 Å². The molecule has 0 saturated carbocycles. The van der Waals surface area contributed by atoms with Crippen LogP contribution in [0.25, 0.3) is 10.3 Å². The summed E-state index contributed by atoms with van der Waals surface area (Å²) in [6.45, 7) is 1.95. The summed E-state index contributed by atoms with van der Waals surface area (Å²) in [5.41, 5.74) is 0.805. The Kier molecular flexibility index (Phi) is 6.34. The Morgan fingerprint density at radius 2 is 2.14 bits per heavy atom. The third-order valence-electron chi connectivity index (χ3n) is 3.97. The lowest BCUT2D eigenvalue weighted by Gasteiger charge is -2.25. The predicted molar refractivity (Wildman–Crippen MR) is 118 cm³/mol. The number of amides is 1. The van der Waals surface area contributed by atoms with Crippen molar-refractivity contribution >= 4 is 77.9 Å². The molecule has 1 amide bonds. The van der Waals surface area contributed by atoms with E-state index in [1.54, 1.807) is 17.4 Å². The van der Waals surface area contributed by atoms with E-state index in [1.807, 2.05) is 11.8 Å². The van der Waals surface area contributed by atoms with Gasteiger partial charge < -0.3 is 10.2 Å². The van der Waals surface area contributed by atoms with E-state index in [-0.39, 0.29) is 17.3 Å². The van der Waals surface area contributed by atoms with Crippen LogP contribution in [0.5, 0.6) is 0 Å². The van der Waals surface area contributed by atoms with Crippen molar-refractivity contribution in [3.63, 3.8) is 0 Å². The first-order chi connectivity index (χ1) is 13.6. The highest BCUT2D eigenvalue weighted by atomic mass is 79.9. The van der Waals surface area contributed by atoms with Crippen molar-refractivity contribution in [1.29, 1.82) is 0 Å². The van der Waals surface area contributed by atoms with Crippen molar-refractivity contribution in [1.82, 2.24) is 15.0 Å². The van der Waals surface area contributed by atoms with Gasteiger partial charge >= 0.3 is 0 Å². The van der Waals surface area contributed by atoms with E-state index in [2.05, 4.69) is 41.1 Å². The molecule has 146 valence electrons. The molecule has 11 heteroatoms. The minimum atomic E-state index is -0.482. The number of nitrogens with zero attached hydrogens (tertiary/aromatic N) is 4. The fraction of sp³-hybridized carbons (Fsp3) is 0.294. The normalized spacial score (nSPS) is 14.4. The van der Waals surface area contributed by atoms with E-state index in [0.717, 1.165) is 34.4 Å². The van der Waals surface area contributed by atoms with Gasteiger partial charge in [-0.1, -0.05) is 39.0 Å². The van der Waals surface area contributed by atoms with Gasteiger partial charge in [0.05, 0.1) is 11.4 Å². The molecule has 1 fully saturated rings. The first kappa shape index (κ1) is 19.9. The maximum absolute atomic E-state index is 13.9. The van der Waals surface area contributed by atoms with Crippen molar-refractivity contribution in [2.75, 3.05) is 40.6 Å². The van der Waals surface area contributed by atoms with Crippen molar-refractivity contribution in [3.05, 3.63) is 34.8 Å². The third-order valence-corrected chi connectivity index (χ3v) is 7.64. The molecule has 28 heavy (non-hydrogen) atoms. The molecule has 1 aliphatic rings. The summed E-state index contributed by atoms with van der Waals surface area (Å²) in [5.74, 6) is 1.53. The molecule has 3 heterocycles. The van der Waals surface area contributed by atoms with Gasteiger partial charge in [-0.15, -0.1) is 0 Å². The summed E-state index contributed by atoms with van der Waals surface area (Å²) in [5, 5.41) is 4.25. The van der Waals surface area contributed by atoms with Gasteiger partial charge in [-0.25, -0.2) is 14.4 Å². The van der Waals surface area contributed by atoms with Gasteiger partial charge in [0.25, 0.3) is 0 Å². The Labute approximate surface area is 181 Å². The molecule has 2 aromatic heterocycles. The third kappa shape index (κ3) is 4.58. The van der Waals surface area contributed by atoms with Crippen LogP contribution in [0.3, 0.4) is 0 Å². The summed E-state index contributed by atoms with van der Waals surface area (Å²) in [6.07, 6.45) is 1.46. The number of thiazole rings is 1. The van der Waals surface area contributed by atoms with E-state index in [9.17, 15) is 9.18 Å². The molecule has 0 unspecified atom stereocenters. The Bertz CT molecular complexity index is 1010. The predicted octanol–water partition coefficient (Wildman–Crippen LogP) is 4.27. The van der Waals surface area contributed by atoms with Gasteiger partial charge in [-0.3, -0.25) is 4.79 Å². The van der Waals surface area contributed by atoms with Crippen LogP contribution < -0.4 is 10.2 Å². The zero-order chi connectivity index (χ0) is 19.5. The lowest BCUT2D eigenvalue weighted by atomic mass is 10.3. The quantitative estimate of drug-likeness (QED) is 0.415. The summed E-state index contributed by atoms with van der Waals surface area (Å²) < 4.78 is 15.4. The van der Waals surface area contributed by atoms with Gasteiger partial charge in [-0.2, -0.15) is 16.7 Å². The number of carbonyl (C=O) groups is 1. The monoisotopic (exact) mass is 499 g/mol. The highest BCUT2D eigenvalue weighted by molar-refractivity contribution is 9.10. The molecule has 1 saturated heterocycles. The zero-order valence-electron chi connectivity index (χ0n) is 14.5. The number of hydrogen-bond acceptors (Lipinski definition) is 8. The molecule has 0 radical (unpaired) electrons. The minimum absolute atomic E-state index is 0.120. The Morgan fingerprint density at radius 3 is 2.93 bits per heavy atom. The molecule has 0 aliphatic carbocycles. The number of thioether (sulfide) groups is 2. The van der Waals surface area contributed by atoms with E-state index in [0.29, 0.717) is 15.1 Å². The van der Waals surface area contributed by atoms with Crippen LogP contribution in [0.15, 0.2) is 34.0 Å². The highest BCUT2D eigenvalue weighted by Gasteiger charge is 2.18. The number of benzene rings is 1. The van der Waals surface area contributed by atoms with Gasteiger partial charge in [0, 0.05) is 29.1 Å². The summed E-state index contributed by atoms with van der Waals surface area (Å²) >= 11 is 8.00. The molecule has 1 aromatic carbocycles. The molecule has 1 N–H and O–H groups in total. The SMILES string of the molecule is O=C(CSc1ncnc2nc(N3CCSCC3)sc12)Nc1ccc(Br)cc1F. The Morgan fingerprint density at radius 1 is 1.32 bits per heavy atom. The number of hydrogen-bond donors (Lipinski definition) is 1. The van der Waals surface area contributed by atoms with Crippen molar-refractivity contribution in [3.8, 4) is 0 Å². The van der Waals surface area contributed by atoms with Crippen LogP contribution in [-0.4, -0.2) is 51.2 Å². The molecular formula is C17H15BrFN5OS3. The standard InChI is InChI=1S/C17H15BrFN5OS3/c18-10-1-2-12(11(19)7-10)22-13(25)8-27-16-14-15(20-9-21-16)23-17(28-14)24-3-5-26-6-4-24/h1-2,7,9H,3-6,8H2,(H,22,25). The molecular weight excluding hydrogens is 485 g/mol. The topological polar surface area (TPSA) is 71.0 Å². The maximum atomic E-state index is 13.9. The number of halogens is 2. The van der Waals surface area contributed by atoms with Crippen molar-refractivity contribution in [2.24, 2.45) is 0 Å². The molecule has 4 rings (SSSR count). The zero-order valence-corrected chi connectivity index (χ0v) is 18.6. The fourth-order valence-electron chi connectivity index (χ4n) is 2.63. The maximum Gasteiger partial charge on any atom is 0.234 e. The summed E-state index contributed by atoms with van der Waals surface area (Å²) in [6, 6.07) is 4.52. The lowest BCUT2D eigenvalue weighted by molar-refractivity contribution is -0.113. The van der Waals surface area contributed by atoms with Gasteiger partial charge in [0.1, 0.15) is 21.9 Å². The average Bonchev–Trinajstić information content (AvgIpc) is 3.14. The number of aromatic nitrogens is 3. The van der Waals surface area contributed by atoms with Crippen LogP contribution in [-0.2, 0) is 4.79 Å².